The van der Waals surface area contributed by atoms with Crippen LogP contribution in [0.15, 0.2) is 71.6 Å². The third-order valence-corrected chi connectivity index (χ3v) is 11.3. The maximum atomic E-state index is 13.7. The van der Waals surface area contributed by atoms with Crippen molar-refractivity contribution in [2.24, 2.45) is 5.92 Å². The van der Waals surface area contributed by atoms with E-state index in [1.165, 1.54) is 29.7 Å². The molecular weight excluding hydrogens is 583 g/mol. The highest BCUT2D eigenvalue weighted by Gasteiger charge is 2.31. The Morgan fingerprint density at radius 1 is 0.977 bits per heavy atom. The van der Waals surface area contributed by atoms with Crippen LogP contribution in [-0.4, -0.2) is 66.8 Å². The Morgan fingerprint density at radius 3 is 2.40 bits per heavy atom. The molecule has 9 nitrogen and oxygen atoms in total. The van der Waals surface area contributed by atoms with Crippen molar-refractivity contribution in [3.8, 4) is 5.88 Å². The van der Waals surface area contributed by atoms with Crippen molar-refractivity contribution in [2.75, 3.05) is 38.6 Å². The molecule has 226 valence electrons. The lowest BCUT2D eigenvalue weighted by atomic mass is 9.87. The molecule has 3 heterocycles. The third-order valence-electron chi connectivity index (χ3n) is 8.53. The maximum Gasteiger partial charge on any atom is 0.243 e. The van der Waals surface area contributed by atoms with E-state index in [-0.39, 0.29) is 10.8 Å². The van der Waals surface area contributed by atoms with Crippen LogP contribution in [0.2, 0.25) is 0 Å². The van der Waals surface area contributed by atoms with Gasteiger partial charge in [0.15, 0.2) is 5.13 Å². The van der Waals surface area contributed by atoms with E-state index < -0.39 is 15.9 Å². The maximum absolute atomic E-state index is 13.7. The molecule has 43 heavy (non-hydrogen) atoms. The number of carbonyl (C=O) groups is 1. The molecule has 1 saturated heterocycles. The summed E-state index contributed by atoms with van der Waals surface area (Å²) in [6, 6.07) is 20.7. The number of carbonyl (C=O) groups excluding carboxylic acids is 1. The van der Waals surface area contributed by atoms with Crippen molar-refractivity contribution in [3.05, 3.63) is 77.9 Å². The molecule has 6 rings (SSSR count). The summed E-state index contributed by atoms with van der Waals surface area (Å²) in [4.78, 5) is 25.9. The number of ether oxygens (including phenoxy) is 1. The number of hydrogen-bond donors (Lipinski definition) is 1. The molecule has 1 N–H and O–H groups in total. The van der Waals surface area contributed by atoms with Crippen LogP contribution in [0, 0.1) is 5.92 Å². The molecule has 4 aromatic rings. The number of fused-ring (bicyclic) bond motifs is 1. The predicted molar refractivity (Wildman–Crippen MR) is 169 cm³/mol. The van der Waals surface area contributed by atoms with Crippen LogP contribution < -0.4 is 10.1 Å². The molecule has 2 fully saturated rings. The van der Waals surface area contributed by atoms with E-state index >= 15 is 0 Å². The number of nitrogens with zero attached hydrogens (tertiary/aromatic N) is 4. The zero-order chi connectivity index (χ0) is 29.8. The van der Waals surface area contributed by atoms with E-state index in [9.17, 15) is 13.2 Å². The molecule has 2 aromatic carbocycles. The normalized spacial score (nSPS) is 17.7. The van der Waals surface area contributed by atoms with Crippen LogP contribution in [0.1, 0.15) is 49.1 Å². The van der Waals surface area contributed by atoms with Gasteiger partial charge in [-0.2, -0.15) is 4.31 Å². The summed E-state index contributed by atoms with van der Waals surface area (Å²) in [7, 11) is -2.07. The lowest BCUT2D eigenvalue weighted by molar-refractivity contribution is -0.118. The molecule has 1 saturated carbocycles. The second-order valence-corrected chi connectivity index (χ2v) is 14.3. The van der Waals surface area contributed by atoms with Gasteiger partial charge in [-0.05, 0) is 41.7 Å². The van der Waals surface area contributed by atoms with E-state index in [0.29, 0.717) is 53.5 Å². The van der Waals surface area contributed by atoms with Crippen molar-refractivity contribution in [1.82, 2.24) is 19.2 Å². The minimum Gasteiger partial charge on any atom is -0.481 e. The van der Waals surface area contributed by atoms with Gasteiger partial charge in [-0.1, -0.05) is 79.5 Å². The van der Waals surface area contributed by atoms with Gasteiger partial charge in [0.05, 0.1) is 17.9 Å². The van der Waals surface area contributed by atoms with Crippen LogP contribution in [0.25, 0.3) is 10.3 Å². The average Bonchev–Trinajstić information content (AvgIpc) is 3.70. The molecule has 1 aliphatic heterocycles. The van der Waals surface area contributed by atoms with Gasteiger partial charge in [0.1, 0.15) is 10.3 Å². The summed E-state index contributed by atoms with van der Waals surface area (Å²) in [5, 5.41) is 3.50. The number of methoxy groups -OCH3 is 1. The Balaban J connectivity index is 1.15. The van der Waals surface area contributed by atoms with Crippen molar-refractivity contribution in [1.29, 1.82) is 0 Å². The number of pyridine rings is 1. The minimum atomic E-state index is -3.63. The van der Waals surface area contributed by atoms with Gasteiger partial charge in [0.2, 0.25) is 21.8 Å². The molecule has 0 radical (unpaired) electrons. The second-order valence-electron chi connectivity index (χ2n) is 11.4. The highest BCUT2D eigenvalue weighted by atomic mass is 32.2. The molecular formula is C32H37N5O4S2. The molecule has 2 aliphatic rings. The van der Waals surface area contributed by atoms with Gasteiger partial charge in [-0.25, -0.2) is 18.4 Å². The van der Waals surface area contributed by atoms with E-state index in [4.69, 9.17) is 4.74 Å². The summed E-state index contributed by atoms with van der Waals surface area (Å²) in [5.41, 5.74) is 2.74. The summed E-state index contributed by atoms with van der Waals surface area (Å²) < 4.78 is 33.8. The molecule has 1 aliphatic carbocycles. The van der Waals surface area contributed by atoms with Crippen LogP contribution in [-0.2, 0) is 21.4 Å². The summed E-state index contributed by atoms with van der Waals surface area (Å²) in [5.74, 6) is 0.420. The Bertz CT molecular complexity index is 1650. The number of rotatable bonds is 10. The molecule has 11 heteroatoms. The molecule has 1 unspecified atom stereocenters. The van der Waals surface area contributed by atoms with Gasteiger partial charge >= 0.3 is 0 Å². The Labute approximate surface area is 257 Å². The number of hydrogen-bond acceptors (Lipinski definition) is 8. The highest BCUT2D eigenvalue weighted by Crippen LogP contribution is 2.36. The number of benzene rings is 2. The van der Waals surface area contributed by atoms with Gasteiger partial charge in [-0.3, -0.25) is 9.69 Å². The summed E-state index contributed by atoms with van der Waals surface area (Å²) in [6.07, 6.45) is 5.30. The second kappa shape index (κ2) is 13.1. The Morgan fingerprint density at radius 2 is 1.70 bits per heavy atom. The standard InChI is InChI=1S/C32H37N5O4S2/c1-41-29-16-15-28-31(34-29)42-32(33-28)35-30(38)27(21-23-7-5-6-8-23)25-11-13-26(14-12-25)43(39,40)37-19-17-36(18-20-37)22-24-9-3-2-4-10-24/h2-4,9-16,23,27H,5-8,17-22H2,1H3,(H,33,35,38). The van der Waals surface area contributed by atoms with E-state index in [2.05, 4.69) is 32.3 Å². The Kier molecular flexibility index (Phi) is 9.03. The lowest BCUT2D eigenvalue weighted by Crippen LogP contribution is -2.48. The number of sulfonamides is 1. The zero-order valence-electron chi connectivity index (χ0n) is 24.3. The topological polar surface area (TPSA) is 105 Å². The minimum absolute atomic E-state index is 0.136. The van der Waals surface area contributed by atoms with E-state index in [1.807, 2.05) is 36.4 Å². The van der Waals surface area contributed by atoms with Crippen LogP contribution in [0.4, 0.5) is 5.13 Å². The number of aromatic nitrogens is 2. The van der Waals surface area contributed by atoms with Crippen molar-refractivity contribution < 1.29 is 17.9 Å². The Hall–Kier alpha value is -3.38. The van der Waals surface area contributed by atoms with E-state index in [0.717, 1.165) is 31.4 Å². The zero-order valence-corrected chi connectivity index (χ0v) is 25.9. The molecule has 1 amide bonds. The van der Waals surface area contributed by atoms with Crippen LogP contribution >= 0.6 is 11.3 Å². The predicted octanol–water partition coefficient (Wildman–Crippen LogP) is 5.51. The van der Waals surface area contributed by atoms with E-state index in [1.54, 1.807) is 29.6 Å². The summed E-state index contributed by atoms with van der Waals surface area (Å²) >= 11 is 1.31. The first-order chi connectivity index (χ1) is 20.9. The first-order valence-electron chi connectivity index (χ1n) is 14.9. The molecule has 0 spiro atoms. The molecule has 2 aromatic heterocycles. The molecule has 0 bridgehead atoms. The number of nitrogens with one attached hydrogen (secondary N) is 1. The number of anilines is 1. The number of thiazole rings is 1. The first-order valence-corrected chi connectivity index (χ1v) is 17.1. The quantitative estimate of drug-likeness (QED) is 0.250. The van der Waals surface area contributed by atoms with Crippen molar-refractivity contribution in [3.63, 3.8) is 0 Å². The average molecular weight is 620 g/mol. The van der Waals surface area contributed by atoms with Gasteiger partial charge in [0, 0.05) is 38.8 Å². The van der Waals surface area contributed by atoms with Crippen molar-refractivity contribution in [2.45, 2.75) is 49.5 Å². The fourth-order valence-corrected chi connectivity index (χ4v) is 8.38. The van der Waals surface area contributed by atoms with Gasteiger partial charge < -0.3 is 10.1 Å². The fourth-order valence-electron chi connectivity index (χ4n) is 6.12. The third kappa shape index (κ3) is 6.90. The van der Waals surface area contributed by atoms with Crippen molar-refractivity contribution >= 4 is 42.7 Å². The molecule has 1 atom stereocenters. The van der Waals surface area contributed by atoms with Crippen LogP contribution in [0.3, 0.4) is 0 Å². The largest absolute Gasteiger partial charge is 0.481 e. The smallest absolute Gasteiger partial charge is 0.243 e. The van der Waals surface area contributed by atoms with Crippen LogP contribution in [0.5, 0.6) is 5.88 Å². The summed E-state index contributed by atoms with van der Waals surface area (Å²) in [6.45, 7) is 3.09. The first kappa shape index (κ1) is 29.7. The highest BCUT2D eigenvalue weighted by molar-refractivity contribution is 7.89. The monoisotopic (exact) mass is 619 g/mol. The van der Waals surface area contributed by atoms with Gasteiger partial charge in [-0.15, -0.1) is 0 Å². The number of amides is 1. The lowest BCUT2D eigenvalue weighted by Gasteiger charge is -2.34. The number of piperazine rings is 1. The van der Waals surface area contributed by atoms with Gasteiger partial charge in [0.25, 0.3) is 0 Å². The SMILES string of the molecule is COc1ccc2nc(NC(=O)C(CC3CCCC3)c3ccc(S(=O)(=O)N4CCN(Cc5ccccc5)CC4)cc3)sc2n1. The fraction of sp³-hybridized carbons (Fsp3) is 0.406.